The molecule has 0 aliphatic heterocycles. The van der Waals surface area contributed by atoms with Gasteiger partial charge in [0.1, 0.15) is 5.75 Å². The predicted molar refractivity (Wildman–Crippen MR) is 98.0 cm³/mol. The highest BCUT2D eigenvalue weighted by molar-refractivity contribution is 9.10. The summed E-state index contributed by atoms with van der Waals surface area (Å²) in [5.41, 5.74) is 1.05. The first kappa shape index (κ1) is 18.3. The first-order chi connectivity index (χ1) is 10.8. The molecule has 3 nitrogen and oxygen atoms in total. The Bertz CT molecular complexity index is 543. The molecule has 0 atom stereocenters. The second kappa shape index (κ2) is 7.69. The minimum absolute atomic E-state index is 0.00737. The molecule has 0 heterocycles. The van der Waals surface area contributed by atoms with Crippen LogP contribution in [0.5, 0.6) is 5.75 Å². The minimum Gasteiger partial charge on any atom is -0.493 e. The van der Waals surface area contributed by atoms with Gasteiger partial charge in [0.2, 0.25) is 0 Å². The van der Waals surface area contributed by atoms with E-state index in [1.54, 1.807) is 0 Å². The van der Waals surface area contributed by atoms with Gasteiger partial charge in [0.25, 0.3) is 5.91 Å². The van der Waals surface area contributed by atoms with Crippen LogP contribution < -0.4 is 10.1 Å². The molecule has 1 aromatic carbocycles. The van der Waals surface area contributed by atoms with E-state index in [2.05, 4.69) is 42.0 Å². The van der Waals surface area contributed by atoms with Crippen LogP contribution in [0.25, 0.3) is 0 Å². The molecule has 1 aliphatic carbocycles. The van der Waals surface area contributed by atoms with Gasteiger partial charge in [-0.3, -0.25) is 4.79 Å². The zero-order chi connectivity index (χ0) is 17.0. The predicted octanol–water partition coefficient (Wildman–Crippen LogP) is 5.18. The summed E-state index contributed by atoms with van der Waals surface area (Å²) in [7, 11) is 0. The van der Waals surface area contributed by atoms with Crippen LogP contribution in [-0.4, -0.2) is 18.6 Å². The van der Waals surface area contributed by atoms with Crippen molar-refractivity contribution in [3.05, 3.63) is 28.2 Å². The van der Waals surface area contributed by atoms with Gasteiger partial charge in [-0.05, 0) is 78.1 Å². The third-order valence-corrected chi connectivity index (χ3v) is 5.40. The Labute approximate surface area is 148 Å². The molecule has 2 rings (SSSR count). The molecule has 0 saturated heterocycles. The fourth-order valence-corrected chi connectivity index (χ4v) is 3.78. The zero-order valence-electron chi connectivity index (χ0n) is 14.6. The molecule has 1 amide bonds. The number of halogens is 1. The lowest BCUT2D eigenvalue weighted by molar-refractivity contribution is 0.0904. The van der Waals surface area contributed by atoms with Crippen LogP contribution in [0.1, 0.15) is 63.7 Å². The van der Waals surface area contributed by atoms with Gasteiger partial charge in [-0.25, -0.2) is 0 Å². The first-order valence-electron chi connectivity index (χ1n) is 8.54. The fraction of sp³-hybridized carbons (Fsp3) is 0.632. The number of amides is 1. The van der Waals surface area contributed by atoms with E-state index >= 15 is 0 Å². The van der Waals surface area contributed by atoms with Gasteiger partial charge in [-0.1, -0.05) is 20.8 Å². The van der Waals surface area contributed by atoms with Crippen LogP contribution in [0.15, 0.2) is 22.7 Å². The number of hydrogen-bond donors (Lipinski definition) is 1. The van der Waals surface area contributed by atoms with Crippen molar-refractivity contribution in [1.82, 2.24) is 5.32 Å². The molecule has 1 aromatic rings. The van der Waals surface area contributed by atoms with Crippen molar-refractivity contribution in [3.8, 4) is 5.75 Å². The molecule has 4 heteroatoms. The van der Waals surface area contributed by atoms with Crippen molar-refractivity contribution in [2.24, 2.45) is 11.3 Å². The van der Waals surface area contributed by atoms with Gasteiger partial charge in [-0.15, -0.1) is 0 Å². The summed E-state index contributed by atoms with van der Waals surface area (Å²) in [6.45, 7) is 9.50. The Morgan fingerprint density at radius 2 is 1.91 bits per heavy atom. The highest BCUT2D eigenvalue weighted by Crippen LogP contribution is 2.37. The van der Waals surface area contributed by atoms with E-state index < -0.39 is 0 Å². The number of carbonyl (C=O) groups is 1. The smallest absolute Gasteiger partial charge is 0.251 e. The van der Waals surface area contributed by atoms with Crippen molar-refractivity contribution in [2.75, 3.05) is 6.61 Å². The van der Waals surface area contributed by atoms with E-state index in [0.717, 1.165) is 29.0 Å². The van der Waals surface area contributed by atoms with Gasteiger partial charge < -0.3 is 10.1 Å². The lowest BCUT2D eigenvalue weighted by atomic mass is 9.71. The maximum absolute atomic E-state index is 12.4. The Kier molecular flexibility index (Phi) is 6.12. The molecule has 0 aromatic heterocycles. The van der Waals surface area contributed by atoms with Crippen LogP contribution in [0.2, 0.25) is 0 Å². The fourth-order valence-electron chi connectivity index (χ4n) is 3.29. The van der Waals surface area contributed by atoms with Gasteiger partial charge in [0, 0.05) is 11.6 Å². The quantitative estimate of drug-likeness (QED) is 0.779. The average Bonchev–Trinajstić information content (AvgIpc) is 2.49. The highest BCUT2D eigenvalue weighted by atomic mass is 79.9. The maximum atomic E-state index is 12.4. The van der Waals surface area contributed by atoms with Gasteiger partial charge in [0.15, 0.2) is 0 Å². The Balaban J connectivity index is 1.92. The molecule has 1 saturated carbocycles. The Morgan fingerprint density at radius 3 is 2.43 bits per heavy atom. The van der Waals surface area contributed by atoms with Crippen LogP contribution >= 0.6 is 15.9 Å². The summed E-state index contributed by atoms with van der Waals surface area (Å²) in [6.07, 6.45) is 4.54. The number of carbonyl (C=O) groups excluding carboxylic acids is 1. The molecule has 1 fully saturated rings. The van der Waals surface area contributed by atoms with E-state index in [1.807, 2.05) is 25.1 Å². The summed E-state index contributed by atoms with van der Waals surface area (Å²) < 4.78 is 6.31. The van der Waals surface area contributed by atoms with Gasteiger partial charge in [0.05, 0.1) is 11.1 Å². The normalized spacial score (nSPS) is 21.8. The van der Waals surface area contributed by atoms with Crippen molar-refractivity contribution in [2.45, 2.75) is 59.4 Å². The standard InChI is InChI=1S/C19H28BrNO2/c1-5-23-17-11-6-13(12-16(17)20)18(22)21-15-9-7-14(8-10-15)19(2,3)4/h6,11-12,14-15H,5,7-10H2,1-4H3,(H,21,22). The van der Waals surface area contributed by atoms with Crippen molar-refractivity contribution >= 4 is 21.8 Å². The van der Waals surface area contributed by atoms with Crippen molar-refractivity contribution < 1.29 is 9.53 Å². The summed E-state index contributed by atoms with van der Waals surface area (Å²) in [5, 5.41) is 3.19. The zero-order valence-corrected chi connectivity index (χ0v) is 16.2. The number of hydrogen-bond acceptors (Lipinski definition) is 2. The lowest BCUT2D eigenvalue weighted by Gasteiger charge is -2.37. The summed E-state index contributed by atoms with van der Waals surface area (Å²) >= 11 is 3.47. The lowest BCUT2D eigenvalue weighted by Crippen LogP contribution is -2.39. The van der Waals surface area contributed by atoms with Crippen molar-refractivity contribution in [3.63, 3.8) is 0 Å². The minimum atomic E-state index is 0.00737. The van der Waals surface area contributed by atoms with Crippen molar-refractivity contribution in [1.29, 1.82) is 0 Å². The van der Waals surface area contributed by atoms with Crippen LogP contribution in [-0.2, 0) is 0 Å². The number of rotatable bonds is 4. The van der Waals surface area contributed by atoms with E-state index in [0.29, 0.717) is 23.6 Å². The molecule has 1 N–H and O–H groups in total. The molecule has 128 valence electrons. The molecule has 0 radical (unpaired) electrons. The largest absolute Gasteiger partial charge is 0.493 e. The number of ether oxygens (including phenoxy) is 1. The van der Waals surface area contributed by atoms with Crippen LogP contribution in [0.3, 0.4) is 0 Å². The molecular formula is C19H28BrNO2. The van der Waals surface area contributed by atoms with E-state index in [9.17, 15) is 4.79 Å². The number of benzene rings is 1. The molecule has 0 spiro atoms. The SMILES string of the molecule is CCOc1ccc(C(=O)NC2CCC(C(C)(C)C)CC2)cc1Br. The second-order valence-electron chi connectivity index (χ2n) is 7.47. The molecule has 1 aliphatic rings. The first-order valence-corrected chi connectivity index (χ1v) is 9.33. The van der Waals surface area contributed by atoms with Gasteiger partial charge in [-0.2, -0.15) is 0 Å². The molecule has 0 bridgehead atoms. The third-order valence-electron chi connectivity index (χ3n) is 4.78. The molecule has 0 unspecified atom stereocenters. The van der Waals surface area contributed by atoms with E-state index in [1.165, 1.54) is 12.8 Å². The third kappa shape index (κ3) is 4.97. The summed E-state index contributed by atoms with van der Waals surface area (Å²) in [6, 6.07) is 5.80. The average molecular weight is 382 g/mol. The maximum Gasteiger partial charge on any atom is 0.251 e. The summed E-state index contributed by atoms with van der Waals surface area (Å²) in [5.74, 6) is 1.54. The highest BCUT2D eigenvalue weighted by Gasteiger charge is 2.30. The Morgan fingerprint density at radius 1 is 1.26 bits per heavy atom. The molecular weight excluding hydrogens is 354 g/mol. The number of nitrogens with one attached hydrogen (secondary N) is 1. The van der Waals surface area contributed by atoms with Gasteiger partial charge >= 0.3 is 0 Å². The van der Waals surface area contributed by atoms with Crippen LogP contribution in [0.4, 0.5) is 0 Å². The van der Waals surface area contributed by atoms with E-state index in [4.69, 9.17) is 4.74 Å². The topological polar surface area (TPSA) is 38.3 Å². The summed E-state index contributed by atoms with van der Waals surface area (Å²) in [4.78, 5) is 12.4. The van der Waals surface area contributed by atoms with E-state index in [-0.39, 0.29) is 5.91 Å². The Hall–Kier alpha value is -1.03. The molecule has 23 heavy (non-hydrogen) atoms. The monoisotopic (exact) mass is 381 g/mol. The second-order valence-corrected chi connectivity index (χ2v) is 8.32. The van der Waals surface area contributed by atoms with Crippen LogP contribution in [0, 0.1) is 11.3 Å².